The molecule has 4 aromatic heterocycles. The van der Waals surface area contributed by atoms with Gasteiger partial charge in [0.25, 0.3) is 0 Å². The van der Waals surface area contributed by atoms with Gasteiger partial charge in [-0.05, 0) is 48.9 Å². The first-order valence-electron chi connectivity index (χ1n) is 10.5. The van der Waals surface area contributed by atoms with Gasteiger partial charge in [-0.25, -0.2) is 23.4 Å². The summed E-state index contributed by atoms with van der Waals surface area (Å²) in [5.74, 6) is 0.743. The smallest absolute Gasteiger partial charge is 0.232 e. The fourth-order valence-electron chi connectivity index (χ4n) is 3.66. The van der Waals surface area contributed by atoms with E-state index >= 15 is 0 Å². The van der Waals surface area contributed by atoms with E-state index in [-0.39, 0.29) is 6.54 Å². The third kappa shape index (κ3) is 4.86. The molecule has 11 heteroatoms. The molecule has 1 atom stereocenters. The number of nitrogens with one attached hydrogen (secondary N) is 3. The minimum atomic E-state index is -2.05. The molecule has 4 heterocycles. The predicted octanol–water partition coefficient (Wildman–Crippen LogP) is 3.33. The molecule has 1 unspecified atom stereocenters. The number of imidazole rings is 1. The molecular formula is C23H22N8O2S. The number of hydrogen-bond acceptors (Lipinski definition) is 6. The van der Waals surface area contributed by atoms with Crippen LogP contribution in [0, 0.1) is 6.92 Å². The number of fused-ring (bicyclic) bond motifs is 1. The zero-order chi connectivity index (χ0) is 23.5. The Kier molecular flexibility index (Phi) is 6.12. The maximum atomic E-state index is 10.9. The monoisotopic (exact) mass is 474 g/mol. The number of aromatic amines is 1. The van der Waals surface area contributed by atoms with Crippen LogP contribution in [-0.2, 0) is 24.4 Å². The van der Waals surface area contributed by atoms with E-state index in [0.29, 0.717) is 6.54 Å². The lowest BCUT2D eigenvalue weighted by atomic mass is 10.1. The van der Waals surface area contributed by atoms with Crippen LogP contribution in [0.3, 0.4) is 0 Å². The van der Waals surface area contributed by atoms with E-state index in [1.54, 1.807) is 4.52 Å². The zero-order valence-corrected chi connectivity index (χ0v) is 19.1. The number of benzene rings is 1. The molecule has 0 aliphatic rings. The standard InChI is InChI=1S/C23H22N8O2S/c1-15-4-2-7-19(28-15)23-22(17-8-9-21-25-14-26-31(21)13-17)29-20(30-23)12-24-18-6-3-5-16(10-18)11-27-34(32)33/h2-10,13-14,24,27H,11-12H2,1H3,(H,29,30)(H,32,33). The Morgan fingerprint density at radius 3 is 2.82 bits per heavy atom. The number of nitrogens with zero attached hydrogens (tertiary/aromatic N) is 5. The van der Waals surface area contributed by atoms with Crippen LogP contribution in [0.2, 0.25) is 0 Å². The van der Waals surface area contributed by atoms with Crippen molar-refractivity contribution in [1.82, 2.24) is 34.3 Å². The van der Waals surface area contributed by atoms with Crippen LogP contribution in [0.5, 0.6) is 0 Å². The molecule has 0 radical (unpaired) electrons. The summed E-state index contributed by atoms with van der Waals surface area (Å²) < 4.78 is 24.0. The fourth-order valence-corrected chi connectivity index (χ4v) is 3.95. The Bertz CT molecular complexity index is 1480. The summed E-state index contributed by atoms with van der Waals surface area (Å²) in [5, 5.41) is 7.60. The van der Waals surface area contributed by atoms with Gasteiger partial charge in [0.1, 0.15) is 12.2 Å². The van der Waals surface area contributed by atoms with Crippen LogP contribution >= 0.6 is 0 Å². The number of aromatic nitrogens is 6. The Morgan fingerprint density at radius 2 is 1.97 bits per heavy atom. The first-order chi connectivity index (χ1) is 16.5. The highest BCUT2D eigenvalue weighted by atomic mass is 32.2. The number of rotatable bonds is 8. The molecule has 10 nitrogen and oxygen atoms in total. The maximum Gasteiger partial charge on any atom is 0.232 e. The molecule has 0 amide bonds. The molecule has 0 aliphatic carbocycles. The number of hydrogen-bond donors (Lipinski definition) is 4. The summed E-state index contributed by atoms with van der Waals surface area (Å²) in [6.07, 6.45) is 3.42. The van der Waals surface area contributed by atoms with Crippen molar-refractivity contribution in [1.29, 1.82) is 0 Å². The summed E-state index contributed by atoms with van der Waals surface area (Å²) in [4.78, 5) is 17.2. The predicted molar refractivity (Wildman–Crippen MR) is 130 cm³/mol. The summed E-state index contributed by atoms with van der Waals surface area (Å²) in [7, 11) is 0. The molecule has 5 aromatic rings. The highest BCUT2D eigenvalue weighted by molar-refractivity contribution is 7.77. The maximum absolute atomic E-state index is 10.9. The van der Waals surface area contributed by atoms with Gasteiger partial charge in [-0.2, -0.15) is 5.10 Å². The third-order valence-corrected chi connectivity index (χ3v) is 5.62. The zero-order valence-electron chi connectivity index (χ0n) is 18.3. The molecule has 0 fully saturated rings. The van der Waals surface area contributed by atoms with Crippen LogP contribution in [0.1, 0.15) is 17.1 Å². The lowest BCUT2D eigenvalue weighted by Crippen LogP contribution is -2.15. The van der Waals surface area contributed by atoms with Crippen LogP contribution < -0.4 is 10.0 Å². The Balaban J connectivity index is 1.45. The normalized spacial score (nSPS) is 12.2. The van der Waals surface area contributed by atoms with E-state index in [1.165, 1.54) is 6.33 Å². The quantitative estimate of drug-likeness (QED) is 0.254. The van der Waals surface area contributed by atoms with Crippen molar-refractivity contribution in [3.05, 3.63) is 84.2 Å². The number of H-pyrrole nitrogens is 1. The average Bonchev–Trinajstić information content (AvgIpc) is 3.48. The van der Waals surface area contributed by atoms with Crippen molar-refractivity contribution < 1.29 is 8.76 Å². The van der Waals surface area contributed by atoms with E-state index in [2.05, 4.69) is 30.1 Å². The molecule has 0 spiro atoms. The van der Waals surface area contributed by atoms with Crippen LogP contribution in [0.4, 0.5) is 5.69 Å². The molecule has 0 bridgehead atoms. The van der Waals surface area contributed by atoms with Crippen molar-refractivity contribution in [3.8, 4) is 22.6 Å². The molecule has 0 saturated heterocycles. The van der Waals surface area contributed by atoms with Crippen LogP contribution in [0.15, 0.2) is 67.1 Å². The van der Waals surface area contributed by atoms with Gasteiger partial charge in [0, 0.05) is 29.7 Å². The molecule has 0 saturated carbocycles. The Labute approximate surface area is 197 Å². The van der Waals surface area contributed by atoms with Crippen LogP contribution in [-0.4, -0.2) is 38.3 Å². The highest BCUT2D eigenvalue weighted by Crippen LogP contribution is 2.29. The first-order valence-corrected chi connectivity index (χ1v) is 11.7. The second kappa shape index (κ2) is 9.51. The molecular weight excluding hydrogens is 452 g/mol. The number of anilines is 1. The van der Waals surface area contributed by atoms with E-state index in [0.717, 1.165) is 51.1 Å². The summed E-state index contributed by atoms with van der Waals surface area (Å²) in [6, 6.07) is 17.4. The summed E-state index contributed by atoms with van der Waals surface area (Å²) in [5.41, 5.74) is 6.73. The number of aryl methyl sites for hydroxylation is 1. The van der Waals surface area contributed by atoms with Crippen molar-refractivity contribution in [2.75, 3.05) is 5.32 Å². The summed E-state index contributed by atoms with van der Waals surface area (Å²) in [6.45, 7) is 2.70. The molecule has 34 heavy (non-hydrogen) atoms. The van der Waals surface area contributed by atoms with Crippen molar-refractivity contribution >= 4 is 22.6 Å². The van der Waals surface area contributed by atoms with E-state index in [9.17, 15) is 4.21 Å². The van der Waals surface area contributed by atoms with Gasteiger partial charge >= 0.3 is 0 Å². The lowest BCUT2D eigenvalue weighted by Gasteiger charge is -2.07. The minimum absolute atomic E-state index is 0.289. The topological polar surface area (TPSA) is 133 Å². The van der Waals surface area contributed by atoms with E-state index in [4.69, 9.17) is 9.54 Å². The molecule has 0 aliphatic heterocycles. The average molecular weight is 475 g/mol. The third-order valence-electron chi connectivity index (χ3n) is 5.23. The SMILES string of the molecule is Cc1cccc(-c2[nH]c(CNc3cccc(CNS(=O)O)c3)nc2-c2ccc3ncnn3c2)n1. The van der Waals surface area contributed by atoms with Crippen molar-refractivity contribution in [2.24, 2.45) is 0 Å². The Morgan fingerprint density at radius 1 is 1.09 bits per heavy atom. The molecule has 172 valence electrons. The van der Waals surface area contributed by atoms with Gasteiger partial charge in [-0.3, -0.25) is 9.54 Å². The lowest BCUT2D eigenvalue weighted by molar-refractivity contribution is 0.548. The van der Waals surface area contributed by atoms with E-state index in [1.807, 2.05) is 67.7 Å². The minimum Gasteiger partial charge on any atom is -0.378 e. The highest BCUT2D eigenvalue weighted by Gasteiger charge is 2.16. The second-order valence-electron chi connectivity index (χ2n) is 7.68. The first kappa shape index (κ1) is 21.9. The summed E-state index contributed by atoms with van der Waals surface area (Å²) >= 11 is -2.05. The molecule has 5 rings (SSSR count). The van der Waals surface area contributed by atoms with Gasteiger partial charge in [0.15, 0.2) is 5.65 Å². The van der Waals surface area contributed by atoms with Gasteiger partial charge in [0.05, 0.1) is 23.6 Å². The second-order valence-corrected chi connectivity index (χ2v) is 8.46. The van der Waals surface area contributed by atoms with Crippen molar-refractivity contribution in [3.63, 3.8) is 0 Å². The van der Waals surface area contributed by atoms with Gasteiger partial charge in [0.2, 0.25) is 11.3 Å². The number of pyridine rings is 2. The van der Waals surface area contributed by atoms with Gasteiger partial charge < -0.3 is 10.3 Å². The molecule has 1 aromatic carbocycles. The Hall–Kier alpha value is -3.93. The van der Waals surface area contributed by atoms with E-state index < -0.39 is 11.3 Å². The van der Waals surface area contributed by atoms with Crippen LogP contribution in [0.25, 0.3) is 28.3 Å². The largest absolute Gasteiger partial charge is 0.378 e. The van der Waals surface area contributed by atoms with Gasteiger partial charge in [-0.1, -0.05) is 18.2 Å². The molecule has 4 N–H and O–H groups in total. The van der Waals surface area contributed by atoms with Crippen molar-refractivity contribution in [2.45, 2.75) is 20.0 Å². The fraction of sp³-hybridized carbons (Fsp3) is 0.130. The van der Waals surface area contributed by atoms with Gasteiger partial charge in [-0.15, -0.1) is 0 Å².